The minimum absolute atomic E-state index is 0.0514. The molecule has 2 aliphatic heterocycles. The van der Waals surface area contributed by atoms with Crippen molar-refractivity contribution in [3.8, 4) is 0 Å². The molecule has 0 spiro atoms. The zero-order valence-electron chi connectivity index (χ0n) is 9.28. The second-order valence-electron chi connectivity index (χ2n) is 4.34. The van der Waals surface area contributed by atoms with Crippen molar-refractivity contribution in [3.05, 3.63) is 24.0 Å². The van der Waals surface area contributed by atoms with Gasteiger partial charge in [0.25, 0.3) is 0 Å². The van der Waals surface area contributed by atoms with Crippen molar-refractivity contribution in [1.82, 2.24) is 0 Å². The molecule has 17 heavy (non-hydrogen) atoms. The summed E-state index contributed by atoms with van der Waals surface area (Å²) in [6.07, 6.45) is 0.385. The molecular formula is C12H13FN2O2. The largest absolute Gasteiger partial charge is 0.377 e. The van der Waals surface area contributed by atoms with Gasteiger partial charge in [-0.2, -0.15) is 0 Å². The molecule has 0 aliphatic carbocycles. The molecule has 1 aromatic carbocycles. The van der Waals surface area contributed by atoms with Gasteiger partial charge in [-0.05, 0) is 18.2 Å². The lowest BCUT2D eigenvalue weighted by Gasteiger charge is -2.35. The zero-order chi connectivity index (χ0) is 11.8. The Morgan fingerprint density at radius 2 is 2.35 bits per heavy atom. The van der Waals surface area contributed by atoms with Crippen molar-refractivity contribution in [1.29, 1.82) is 0 Å². The van der Waals surface area contributed by atoms with Crippen LogP contribution in [0.15, 0.2) is 18.2 Å². The third kappa shape index (κ3) is 1.86. The van der Waals surface area contributed by atoms with Crippen LogP contribution < -0.4 is 10.2 Å². The standard InChI is InChI=1S/C12H13FN2O2/c13-8-1-2-11-10(5-8)14-12(16)6-9-7-17-4-3-15(9)11/h1-2,5,9H,3-4,6-7H2,(H,14,16). The molecule has 1 N–H and O–H groups in total. The zero-order valence-corrected chi connectivity index (χ0v) is 9.28. The van der Waals surface area contributed by atoms with Crippen molar-refractivity contribution in [2.45, 2.75) is 12.5 Å². The number of hydrogen-bond acceptors (Lipinski definition) is 3. The average Bonchev–Trinajstić information content (AvgIpc) is 2.43. The van der Waals surface area contributed by atoms with Crippen molar-refractivity contribution in [2.75, 3.05) is 30.0 Å². The molecule has 1 atom stereocenters. The second-order valence-corrected chi connectivity index (χ2v) is 4.34. The van der Waals surface area contributed by atoms with Crippen LogP contribution in [0.1, 0.15) is 6.42 Å². The number of morpholine rings is 1. The summed E-state index contributed by atoms with van der Waals surface area (Å²) in [4.78, 5) is 13.8. The lowest BCUT2D eigenvalue weighted by Crippen LogP contribution is -2.45. The number of carbonyl (C=O) groups is 1. The van der Waals surface area contributed by atoms with Crippen LogP contribution >= 0.6 is 0 Å². The summed E-state index contributed by atoms with van der Waals surface area (Å²) in [5.41, 5.74) is 1.44. The number of halogens is 1. The number of benzene rings is 1. The van der Waals surface area contributed by atoms with E-state index in [2.05, 4.69) is 10.2 Å². The minimum Gasteiger partial charge on any atom is -0.377 e. The Kier molecular flexibility index (Phi) is 2.48. The Morgan fingerprint density at radius 1 is 1.47 bits per heavy atom. The van der Waals surface area contributed by atoms with Gasteiger partial charge >= 0.3 is 0 Å². The average molecular weight is 236 g/mol. The lowest BCUT2D eigenvalue weighted by atomic mass is 10.1. The lowest BCUT2D eigenvalue weighted by molar-refractivity contribution is -0.116. The van der Waals surface area contributed by atoms with Crippen LogP contribution in [0.4, 0.5) is 15.8 Å². The van der Waals surface area contributed by atoms with Crippen molar-refractivity contribution < 1.29 is 13.9 Å². The van der Waals surface area contributed by atoms with Crippen LogP contribution in [0.3, 0.4) is 0 Å². The Balaban J connectivity index is 2.05. The number of carbonyl (C=O) groups excluding carboxylic acids is 1. The molecule has 3 rings (SSSR count). The summed E-state index contributed by atoms with van der Waals surface area (Å²) >= 11 is 0. The molecule has 2 aliphatic rings. The van der Waals surface area contributed by atoms with E-state index in [1.54, 1.807) is 6.07 Å². The summed E-state index contributed by atoms with van der Waals surface area (Å²) in [7, 11) is 0. The molecular weight excluding hydrogens is 223 g/mol. The van der Waals surface area contributed by atoms with Crippen LogP contribution in [-0.2, 0) is 9.53 Å². The van der Waals surface area contributed by atoms with Gasteiger partial charge in [-0.15, -0.1) is 0 Å². The third-order valence-electron chi connectivity index (χ3n) is 3.19. The Bertz CT molecular complexity index is 464. The molecule has 0 saturated carbocycles. The molecule has 2 heterocycles. The fraction of sp³-hybridized carbons (Fsp3) is 0.417. The van der Waals surface area contributed by atoms with E-state index in [4.69, 9.17) is 4.74 Å². The molecule has 1 unspecified atom stereocenters. The minimum atomic E-state index is -0.337. The monoisotopic (exact) mass is 236 g/mol. The highest BCUT2D eigenvalue weighted by Crippen LogP contribution is 2.33. The van der Waals surface area contributed by atoms with E-state index in [9.17, 15) is 9.18 Å². The molecule has 1 saturated heterocycles. The molecule has 0 aromatic heterocycles. The summed E-state index contributed by atoms with van der Waals surface area (Å²) in [6, 6.07) is 4.55. The van der Waals surface area contributed by atoms with Gasteiger partial charge in [0.15, 0.2) is 0 Å². The fourth-order valence-electron chi connectivity index (χ4n) is 2.42. The van der Waals surface area contributed by atoms with Gasteiger partial charge in [-0.25, -0.2) is 4.39 Å². The number of nitrogens with zero attached hydrogens (tertiary/aromatic N) is 1. The number of rotatable bonds is 0. The number of nitrogens with one attached hydrogen (secondary N) is 1. The Hall–Kier alpha value is -1.62. The summed E-state index contributed by atoms with van der Waals surface area (Å²) < 4.78 is 18.6. The molecule has 1 fully saturated rings. The van der Waals surface area contributed by atoms with E-state index in [0.717, 1.165) is 12.2 Å². The van der Waals surface area contributed by atoms with E-state index in [1.165, 1.54) is 12.1 Å². The summed E-state index contributed by atoms with van der Waals surface area (Å²) in [5.74, 6) is -0.425. The van der Waals surface area contributed by atoms with E-state index < -0.39 is 0 Å². The highest BCUT2D eigenvalue weighted by atomic mass is 19.1. The molecule has 90 valence electrons. The maximum absolute atomic E-state index is 13.2. The molecule has 0 bridgehead atoms. The number of anilines is 2. The maximum Gasteiger partial charge on any atom is 0.226 e. The SMILES string of the molecule is O=C1CC2COCCN2c2ccc(F)cc2N1. The van der Waals surface area contributed by atoms with Crippen molar-refractivity contribution in [2.24, 2.45) is 0 Å². The highest BCUT2D eigenvalue weighted by Gasteiger charge is 2.30. The van der Waals surface area contributed by atoms with Gasteiger partial charge in [-0.3, -0.25) is 4.79 Å². The predicted molar refractivity (Wildman–Crippen MR) is 61.6 cm³/mol. The van der Waals surface area contributed by atoms with Gasteiger partial charge in [0.2, 0.25) is 5.91 Å². The second kappa shape index (κ2) is 4.00. The van der Waals surface area contributed by atoms with E-state index in [-0.39, 0.29) is 17.8 Å². The smallest absolute Gasteiger partial charge is 0.226 e. The first kappa shape index (κ1) is 10.5. The topological polar surface area (TPSA) is 41.6 Å². The molecule has 4 nitrogen and oxygen atoms in total. The molecule has 0 radical (unpaired) electrons. The third-order valence-corrected chi connectivity index (χ3v) is 3.19. The van der Waals surface area contributed by atoms with Crippen LogP contribution in [0.5, 0.6) is 0 Å². The van der Waals surface area contributed by atoms with E-state index in [0.29, 0.717) is 25.3 Å². The summed E-state index contributed by atoms with van der Waals surface area (Å²) in [5, 5.41) is 2.74. The Morgan fingerprint density at radius 3 is 3.24 bits per heavy atom. The first-order valence-electron chi connectivity index (χ1n) is 5.68. The Labute approximate surface area is 98.4 Å². The highest BCUT2D eigenvalue weighted by molar-refractivity contribution is 5.96. The van der Waals surface area contributed by atoms with E-state index in [1.807, 2.05) is 0 Å². The number of ether oxygens (including phenoxy) is 1. The van der Waals surface area contributed by atoms with Crippen LogP contribution in [0.2, 0.25) is 0 Å². The predicted octanol–water partition coefficient (Wildman–Crippen LogP) is 1.37. The van der Waals surface area contributed by atoms with Gasteiger partial charge < -0.3 is 15.0 Å². The van der Waals surface area contributed by atoms with Crippen LogP contribution in [0, 0.1) is 5.82 Å². The first-order chi connectivity index (χ1) is 8.24. The quantitative estimate of drug-likeness (QED) is 0.739. The van der Waals surface area contributed by atoms with Crippen LogP contribution in [-0.4, -0.2) is 31.7 Å². The van der Waals surface area contributed by atoms with Gasteiger partial charge in [0, 0.05) is 13.0 Å². The van der Waals surface area contributed by atoms with Gasteiger partial charge in [0.1, 0.15) is 5.82 Å². The number of amides is 1. The van der Waals surface area contributed by atoms with Crippen LogP contribution in [0.25, 0.3) is 0 Å². The van der Waals surface area contributed by atoms with Gasteiger partial charge in [0.05, 0.1) is 30.6 Å². The number of fused-ring (bicyclic) bond motifs is 3. The first-order valence-corrected chi connectivity index (χ1v) is 5.68. The van der Waals surface area contributed by atoms with E-state index >= 15 is 0 Å². The summed E-state index contributed by atoms with van der Waals surface area (Å²) in [6.45, 7) is 1.92. The van der Waals surface area contributed by atoms with Gasteiger partial charge in [-0.1, -0.05) is 0 Å². The van der Waals surface area contributed by atoms with Crippen molar-refractivity contribution >= 4 is 17.3 Å². The number of hydrogen-bond donors (Lipinski definition) is 1. The fourth-order valence-corrected chi connectivity index (χ4v) is 2.42. The molecule has 1 amide bonds. The van der Waals surface area contributed by atoms with Crippen molar-refractivity contribution in [3.63, 3.8) is 0 Å². The maximum atomic E-state index is 13.2. The normalized spacial score (nSPS) is 23.5. The molecule has 1 aromatic rings. The molecule has 5 heteroatoms.